The molecule has 1 atom stereocenters. The molecule has 1 N–H and O–H groups in total. The molecule has 7 heteroatoms. The van der Waals surface area contributed by atoms with Crippen LogP contribution in [0.3, 0.4) is 0 Å². The lowest BCUT2D eigenvalue weighted by atomic mass is 10.1. The van der Waals surface area contributed by atoms with E-state index in [9.17, 15) is 14.4 Å². The largest absolute Gasteiger partial charge is 0.364 e. The number of carbonyl (C=O) groups excluding carboxylic acids is 3. The van der Waals surface area contributed by atoms with Gasteiger partial charge in [0.1, 0.15) is 6.04 Å². The number of aryl methyl sites for hydroxylation is 1. The van der Waals surface area contributed by atoms with E-state index >= 15 is 0 Å². The van der Waals surface area contributed by atoms with Crippen LogP contribution in [0.15, 0.2) is 42.6 Å². The topological polar surface area (TPSA) is 76.7 Å². The van der Waals surface area contributed by atoms with Crippen LogP contribution in [0.4, 0.5) is 10.5 Å². The van der Waals surface area contributed by atoms with E-state index in [0.717, 1.165) is 12.1 Å². The van der Waals surface area contributed by atoms with Crippen LogP contribution < -0.4 is 4.90 Å². The summed E-state index contributed by atoms with van der Waals surface area (Å²) in [6.45, 7) is 2.99. The predicted octanol–water partition coefficient (Wildman–Crippen LogP) is 1.87. The Morgan fingerprint density at radius 1 is 1.15 bits per heavy atom. The van der Waals surface area contributed by atoms with Gasteiger partial charge in [-0.2, -0.15) is 0 Å². The summed E-state index contributed by atoms with van der Waals surface area (Å²) in [7, 11) is 0. The number of aromatic nitrogens is 1. The van der Waals surface area contributed by atoms with Crippen molar-refractivity contribution in [3.63, 3.8) is 0 Å². The summed E-state index contributed by atoms with van der Waals surface area (Å²) >= 11 is 0. The zero-order valence-electron chi connectivity index (χ0n) is 14.5. The molecule has 2 aromatic rings. The van der Waals surface area contributed by atoms with E-state index in [-0.39, 0.29) is 24.4 Å². The monoisotopic (exact) mass is 352 g/mol. The van der Waals surface area contributed by atoms with Crippen LogP contribution in [0.2, 0.25) is 0 Å². The van der Waals surface area contributed by atoms with E-state index in [0.29, 0.717) is 24.3 Å². The molecule has 4 amide bonds. The van der Waals surface area contributed by atoms with Gasteiger partial charge < -0.3 is 14.8 Å². The summed E-state index contributed by atoms with van der Waals surface area (Å²) in [5, 5.41) is 0. The molecule has 134 valence electrons. The lowest BCUT2D eigenvalue weighted by Crippen LogP contribution is -2.54. The summed E-state index contributed by atoms with van der Waals surface area (Å²) in [5.74, 6) is -0.371. The molecule has 0 radical (unpaired) electrons. The molecule has 0 aliphatic carbocycles. The molecule has 1 unspecified atom stereocenters. The highest BCUT2D eigenvalue weighted by Crippen LogP contribution is 2.28. The Bertz CT molecular complexity index is 861. The first-order valence-electron chi connectivity index (χ1n) is 8.77. The number of hydrogen-bond donors (Lipinski definition) is 1. The van der Waals surface area contributed by atoms with E-state index < -0.39 is 6.04 Å². The predicted molar refractivity (Wildman–Crippen MR) is 95.9 cm³/mol. The number of urea groups is 1. The summed E-state index contributed by atoms with van der Waals surface area (Å²) in [4.78, 5) is 45.9. The van der Waals surface area contributed by atoms with Crippen molar-refractivity contribution in [1.82, 2.24) is 14.8 Å². The highest BCUT2D eigenvalue weighted by atomic mass is 16.2. The quantitative estimate of drug-likeness (QED) is 0.857. The number of piperazine rings is 1. The number of fused-ring (bicyclic) bond motifs is 1. The molecule has 2 fully saturated rings. The number of H-pyrrole nitrogens is 1. The third-order valence-corrected chi connectivity index (χ3v) is 5.04. The number of aromatic amines is 1. The van der Waals surface area contributed by atoms with Crippen molar-refractivity contribution >= 4 is 23.5 Å². The van der Waals surface area contributed by atoms with Crippen molar-refractivity contribution < 1.29 is 14.4 Å². The third-order valence-electron chi connectivity index (χ3n) is 5.04. The Hall–Kier alpha value is -3.09. The Labute approximate surface area is 151 Å². The SMILES string of the molecule is CCc1[nH]ccc1C(=O)N1CCN2C(=O)N(c3ccccc3)C(=O)C2C1. The molecular weight excluding hydrogens is 332 g/mol. The molecule has 2 saturated heterocycles. The maximum atomic E-state index is 12.8. The highest BCUT2D eigenvalue weighted by molar-refractivity contribution is 6.21. The van der Waals surface area contributed by atoms with Crippen molar-refractivity contribution in [2.75, 3.05) is 24.5 Å². The first-order valence-corrected chi connectivity index (χ1v) is 8.77. The van der Waals surface area contributed by atoms with E-state index in [1.165, 1.54) is 4.90 Å². The molecule has 0 spiro atoms. The molecule has 3 heterocycles. The lowest BCUT2D eigenvalue weighted by molar-refractivity contribution is -0.120. The van der Waals surface area contributed by atoms with E-state index in [2.05, 4.69) is 4.98 Å². The van der Waals surface area contributed by atoms with Gasteiger partial charge >= 0.3 is 6.03 Å². The number of imide groups is 1. The van der Waals surface area contributed by atoms with E-state index in [1.807, 2.05) is 13.0 Å². The number of para-hydroxylation sites is 1. The summed E-state index contributed by atoms with van der Waals surface area (Å²) in [6.07, 6.45) is 2.49. The van der Waals surface area contributed by atoms with Gasteiger partial charge in [-0.1, -0.05) is 25.1 Å². The highest BCUT2D eigenvalue weighted by Gasteiger charge is 2.49. The average molecular weight is 352 g/mol. The van der Waals surface area contributed by atoms with Crippen LogP contribution in [0.5, 0.6) is 0 Å². The van der Waals surface area contributed by atoms with Gasteiger partial charge in [-0.05, 0) is 24.6 Å². The summed E-state index contributed by atoms with van der Waals surface area (Å²) in [6, 6.07) is 9.74. The Balaban J connectivity index is 1.56. The lowest BCUT2D eigenvalue weighted by Gasteiger charge is -2.35. The Morgan fingerprint density at radius 3 is 2.65 bits per heavy atom. The van der Waals surface area contributed by atoms with Gasteiger partial charge in [0.25, 0.3) is 11.8 Å². The van der Waals surface area contributed by atoms with Gasteiger partial charge in [-0.3, -0.25) is 9.59 Å². The number of anilines is 1. The maximum absolute atomic E-state index is 12.8. The molecule has 0 bridgehead atoms. The number of rotatable bonds is 3. The van der Waals surface area contributed by atoms with Crippen molar-refractivity contribution in [2.24, 2.45) is 0 Å². The normalized spacial score (nSPS) is 19.9. The van der Waals surface area contributed by atoms with Crippen LogP contribution in [-0.2, 0) is 11.2 Å². The smallest absolute Gasteiger partial charge is 0.332 e. The van der Waals surface area contributed by atoms with Crippen LogP contribution in [0, 0.1) is 0 Å². The zero-order valence-corrected chi connectivity index (χ0v) is 14.5. The third kappa shape index (κ3) is 2.47. The van der Waals surface area contributed by atoms with Crippen LogP contribution >= 0.6 is 0 Å². The number of nitrogens with zero attached hydrogens (tertiary/aromatic N) is 3. The number of hydrogen-bond acceptors (Lipinski definition) is 3. The second-order valence-corrected chi connectivity index (χ2v) is 6.48. The summed E-state index contributed by atoms with van der Waals surface area (Å²) in [5.41, 5.74) is 2.09. The number of carbonyl (C=O) groups is 3. The molecule has 0 saturated carbocycles. The maximum Gasteiger partial charge on any atom is 0.332 e. The van der Waals surface area contributed by atoms with Gasteiger partial charge in [0.2, 0.25) is 0 Å². The Morgan fingerprint density at radius 2 is 1.92 bits per heavy atom. The molecular formula is C19H20N4O3. The first kappa shape index (κ1) is 16.4. The van der Waals surface area contributed by atoms with E-state index in [1.54, 1.807) is 46.3 Å². The van der Waals surface area contributed by atoms with Crippen molar-refractivity contribution in [1.29, 1.82) is 0 Å². The molecule has 4 rings (SSSR count). The average Bonchev–Trinajstić information content (AvgIpc) is 3.25. The Kier molecular flexibility index (Phi) is 3.99. The second kappa shape index (κ2) is 6.33. The zero-order chi connectivity index (χ0) is 18.3. The number of amides is 4. The van der Waals surface area contributed by atoms with Crippen molar-refractivity contribution in [3.8, 4) is 0 Å². The fourth-order valence-corrected chi connectivity index (χ4v) is 3.66. The minimum atomic E-state index is -0.621. The summed E-state index contributed by atoms with van der Waals surface area (Å²) < 4.78 is 0. The number of benzene rings is 1. The fourth-order valence-electron chi connectivity index (χ4n) is 3.66. The number of nitrogens with one attached hydrogen (secondary N) is 1. The molecule has 1 aromatic carbocycles. The van der Waals surface area contributed by atoms with Crippen molar-refractivity contribution in [2.45, 2.75) is 19.4 Å². The molecule has 7 nitrogen and oxygen atoms in total. The van der Waals surface area contributed by atoms with E-state index in [4.69, 9.17) is 0 Å². The van der Waals surface area contributed by atoms with Gasteiger partial charge in [-0.15, -0.1) is 0 Å². The molecule has 26 heavy (non-hydrogen) atoms. The van der Waals surface area contributed by atoms with Gasteiger partial charge in [0.15, 0.2) is 0 Å². The second-order valence-electron chi connectivity index (χ2n) is 6.48. The van der Waals surface area contributed by atoms with Gasteiger partial charge in [0.05, 0.1) is 17.8 Å². The molecule has 2 aliphatic heterocycles. The standard InChI is InChI=1S/C19H20N4O3/c1-2-15-14(8-9-20-15)17(24)21-10-11-22-16(12-21)18(25)23(19(22)26)13-6-4-3-5-7-13/h3-9,16,20H,2,10-12H2,1H3. The minimum Gasteiger partial charge on any atom is -0.364 e. The minimum absolute atomic E-state index is 0.0961. The van der Waals surface area contributed by atoms with Crippen LogP contribution in [0.25, 0.3) is 0 Å². The van der Waals surface area contributed by atoms with Crippen LogP contribution in [-0.4, -0.2) is 58.3 Å². The fraction of sp³-hybridized carbons (Fsp3) is 0.316. The first-order chi connectivity index (χ1) is 12.6. The van der Waals surface area contributed by atoms with Crippen LogP contribution in [0.1, 0.15) is 23.0 Å². The molecule has 2 aliphatic rings. The molecule has 1 aromatic heterocycles. The van der Waals surface area contributed by atoms with Gasteiger partial charge in [0, 0.05) is 25.0 Å². The van der Waals surface area contributed by atoms with Gasteiger partial charge in [-0.25, -0.2) is 9.69 Å². The van der Waals surface area contributed by atoms with Crippen molar-refractivity contribution in [3.05, 3.63) is 53.9 Å².